The summed E-state index contributed by atoms with van der Waals surface area (Å²) in [7, 11) is 0. The van der Waals surface area contributed by atoms with Crippen LogP contribution in [0.2, 0.25) is 10.0 Å². The zero-order valence-corrected chi connectivity index (χ0v) is 14.8. The molecule has 1 amide bonds. The van der Waals surface area contributed by atoms with Gasteiger partial charge >= 0.3 is 0 Å². The van der Waals surface area contributed by atoms with Gasteiger partial charge in [0, 0.05) is 46.6 Å². The summed E-state index contributed by atoms with van der Waals surface area (Å²) < 4.78 is 5.39. The molecule has 1 aliphatic heterocycles. The lowest BCUT2D eigenvalue weighted by Gasteiger charge is -2.24. The highest BCUT2D eigenvalue weighted by atomic mass is 35.5. The van der Waals surface area contributed by atoms with Crippen LogP contribution in [0.5, 0.6) is 0 Å². The van der Waals surface area contributed by atoms with E-state index in [0.29, 0.717) is 48.5 Å². The topological polar surface area (TPSA) is 41.9 Å². The number of halogens is 2. The van der Waals surface area contributed by atoms with Gasteiger partial charge in [0.2, 0.25) is 0 Å². The molecule has 0 unspecified atom stereocenters. The first kappa shape index (κ1) is 18.0. The van der Waals surface area contributed by atoms with Gasteiger partial charge < -0.3 is 9.64 Å². The Morgan fingerprint density at radius 2 is 2.04 bits per heavy atom. The van der Waals surface area contributed by atoms with Crippen LogP contribution in [0.15, 0.2) is 34.8 Å². The van der Waals surface area contributed by atoms with E-state index in [2.05, 4.69) is 4.99 Å². The van der Waals surface area contributed by atoms with Crippen molar-refractivity contribution in [1.82, 2.24) is 4.90 Å². The largest absolute Gasteiger partial charge is 0.380 e. The zero-order chi connectivity index (χ0) is 16.8. The second-order valence-corrected chi connectivity index (χ2v) is 6.07. The van der Waals surface area contributed by atoms with E-state index in [4.69, 9.17) is 27.9 Å². The van der Waals surface area contributed by atoms with Gasteiger partial charge in [-0.05, 0) is 32.1 Å². The molecule has 0 radical (unpaired) electrons. The molecule has 1 heterocycles. The van der Waals surface area contributed by atoms with Gasteiger partial charge in [0.25, 0.3) is 5.91 Å². The predicted molar refractivity (Wildman–Crippen MR) is 94.4 cm³/mol. The maximum Gasteiger partial charge on any atom is 0.252 e. The number of rotatable bonds is 7. The van der Waals surface area contributed by atoms with Gasteiger partial charge in [0.1, 0.15) is 0 Å². The maximum absolute atomic E-state index is 12.8. The first-order valence-corrected chi connectivity index (χ1v) is 8.30. The standard InChI is InChI=1S/C17H20Cl2N2O2/c1-3-23-8-7-21(17(22)13-9-12(2)20-10-13)11-14-15(18)5-4-6-16(14)19/h4-6,9H,3,7-8,10-11H2,1-2H3. The summed E-state index contributed by atoms with van der Waals surface area (Å²) in [5.74, 6) is -0.0544. The minimum absolute atomic E-state index is 0.0544. The molecule has 124 valence electrons. The number of aliphatic imine (C=N–C) groups is 1. The molecule has 2 rings (SSSR count). The molecule has 0 fully saturated rings. The second kappa shape index (κ2) is 8.48. The fourth-order valence-corrected chi connectivity index (χ4v) is 2.85. The van der Waals surface area contributed by atoms with E-state index in [1.54, 1.807) is 23.1 Å². The van der Waals surface area contributed by atoms with Gasteiger partial charge in [-0.15, -0.1) is 0 Å². The van der Waals surface area contributed by atoms with E-state index in [1.807, 2.05) is 19.9 Å². The molecule has 6 heteroatoms. The average Bonchev–Trinajstić information content (AvgIpc) is 2.95. The smallest absolute Gasteiger partial charge is 0.252 e. The van der Waals surface area contributed by atoms with Gasteiger partial charge in [-0.3, -0.25) is 9.79 Å². The van der Waals surface area contributed by atoms with Crippen LogP contribution in [0.25, 0.3) is 0 Å². The van der Waals surface area contributed by atoms with Crippen molar-refractivity contribution in [2.75, 3.05) is 26.3 Å². The van der Waals surface area contributed by atoms with Crippen molar-refractivity contribution in [3.8, 4) is 0 Å². The van der Waals surface area contributed by atoms with Crippen molar-refractivity contribution >= 4 is 34.8 Å². The third kappa shape index (κ3) is 4.80. The van der Waals surface area contributed by atoms with Crippen molar-refractivity contribution < 1.29 is 9.53 Å². The van der Waals surface area contributed by atoms with Crippen molar-refractivity contribution in [3.63, 3.8) is 0 Å². The van der Waals surface area contributed by atoms with Crippen molar-refractivity contribution in [1.29, 1.82) is 0 Å². The van der Waals surface area contributed by atoms with Crippen LogP contribution in [0, 0.1) is 0 Å². The highest BCUT2D eigenvalue weighted by molar-refractivity contribution is 6.36. The number of nitrogens with zero attached hydrogens (tertiary/aromatic N) is 2. The Hall–Kier alpha value is -1.36. The van der Waals surface area contributed by atoms with Crippen LogP contribution in [0.4, 0.5) is 0 Å². The molecular formula is C17H20Cl2N2O2. The Balaban J connectivity index is 2.17. The Bertz CT molecular complexity index is 621. The molecule has 0 atom stereocenters. The summed E-state index contributed by atoms with van der Waals surface area (Å²) in [6.07, 6.45) is 1.82. The SMILES string of the molecule is CCOCCN(Cc1c(Cl)cccc1Cl)C(=O)C1=CC(C)=NC1. The predicted octanol–water partition coefficient (Wildman–Crippen LogP) is 3.76. The molecule has 0 aromatic heterocycles. The van der Waals surface area contributed by atoms with Gasteiger partial charge in [0.15, 0.2) is 0 Å². The van der Waals surface area contributed by atoms with E-state index in [9.17, 15) is 4.79 Å². The summed E-state index contributed by atoms with van der Waals surface area (Å²) in [5.41, 5.74) is 2.30. The molecular weight excluding hydrogens is 335 g/mol. The van der Waals surface area contributed by atoms with Gasteiger partial charge in [0.05, 0.1) is 13.2 Å². The summed E-state index contributed by atoms with van der Waals surface area (Å²) in [6.45, 7) is 6.14. The zero-order valence-electron chi connectivity index (χ0n) is 13.3. The third-order valence-corrected chi connectivity index (χ3v) is 4.27. The lowest BCUT2D eigenvalue weighted by atomic mass is 10.1. The first-order valence-electron chi connectivity index (χ1n) is 7.54. The van der Waals surface area contributed by atoms with Crippen LogP contribution in [0.3, 0.4) is 0 Å². The van der Waals surface area contributed by atoms with E-state index in [1.165, 1.54) is 0 Å². The van der Waals surface area contributed by atoms with E-state index in [-0.39, 0.29) is 5.91 Å². The number of allylic oxidation sites excluding steroid dienone is 1. The summed E-state index contributed by atoms with van der Waals surface area (Å²) in [6, 6.07) is 5.34. The Kier molecular flexibility index (Phi) is 6.63. The second-order valence-electron chi connectivity index (χ2n) is 5.25. The van der Waals surface area contributed by atoms with Crippen LogP contribution >= 0.6 is 23.2 Å². The normalized spacial score (nSPS) is 13.7. The molecule has 0 N–H and O–H groups in total. The summed E-state index contributed by atoms with van der Waals surface area (Å²) in [5, 5.41) is 1.11. The number of ether oxygens (including phenoxy) is 1. The fraction of sp³-hybridized carbons (Fsp3) is 0.412. The number of hydrogen-bond acceptors (Lipinski definition) is 3. The summed E-state index contributed by atoms with van der Waals surface area (Å²) in [4.78, 5) is 18.7. The number of carbonyl (C=O) groups excluding carboxylic acids is 1. The molecule has 1 aromatic rings. The van der Waals surface area contributed by atoms with Gasteiger partial charge in [-0.1, -0.05) is 29.3 Å². The fourth-order valence-electron chi connectivity index (χ4n) is 2.33. The molecule has 0 bridgehead atoms. The highest BCUT2D eigenvalue weighted by Gasteiger charge is 2.22. The molecule has 4 nitrogen and oxygen atoms in total. The molecule has 0 aliphatic carbocycles. The minimum atomic E-state index is -0.0544. The van der Waals surface area contributed by atoms with E-state index >= 15 is 0 Å². The number of benzene rings is 1. The Morgan fingerprint density at radius 3 is 2.61 bits per heavy atom. The molecule has 1 aromatic carbocycles. The molecule has 23 heavy (non-hydrogen) atoms. The monoisotopic (exact) mass is 354 g/mol. The average molecular weight is 355 g/mol. The molecule has 1 aliphatic rings. The number of carbonyl (C=O) groups is 1. The van der Waals surface area contributed by atoms with Crippen LogP contribution in [-0.4, -0.2) is 42.8 Å². The van der Waals surface area contributed by atoms with Crippen molar-refractivity contribution in [3.05, 3.63) is 45.5 Å². The van der Waals surface area contributed by atoms with Crippen LogP contribution in [-0.2, 0) is 16.1 Å². The third-order valence-electron chi connectivity index (χ3n) is 3.56. The van der Waals surface area contributed by atoms with Crippen LogP contribution < -0.4 is 0 Å². The molecule has 0 saturated heterocycles. The summed E-state index contributed by atoms with van der Waals surface area (Å²) >= 11 is 12.5. The first-order chi connectivity index (χ1) is 11.0. The quantitative estimate of drug-likeness (QED) is 0.699. The van der Waals surface area contributed by atoms with E-state index in [0.717, 1.165) is 11.3 Å². The lowest BCUT2D eigenvalue weighted by molar-refractivity contribution is -0.128. The Morgan fingerprint density at radius 1 is 1.35 bits per heavy atom. The number of amides is 1. The minimum Gasteiger partial charge on any atom is -0.380 e. The van der Waals surface area contributed by atoms with Gasteiger partial charge in [-0.25, -0.2) is 0 Å². The molecule has 0 spiro atoms. The van der Waals surface area contributed by atoms with Crippen LogP contribution in [0.1, 0.15) is 19.4 Å². The number of hydrogen-bond donors (Lipinski definition) is 0. The maximum atomic E-state index is 12.8. The Labute approximate surface area is 146 Å². The highest BCUT2D eigenvalue weighted by Crippen LogP contribution is 2.26. The van der Waals surface area contributed by atoms with Crippen molar-refractivity contribution in [2.24, 2.45) is 4.99 Å². The van der Waals surface area contributed by atoms with Gasteiger partial charge in [-0.2, -0.15) is 0 Å². The van der Waals surface area contributed by atoms with Crippen molar-refractivity contribution in [2.45, 2.75) is 20.4 Å². The molecule has 0 saturated carbocycles. The van der Waals surface area contributed by atoms with E-state index < -0.39 is 0 Å². The lowest BCUT2D eigenvalue weighted by Crippen LogP contribution is -2.35.